The van der Waals surface area contributed by atoms with Gasteiger partial charge in [0.2, 0.25) is 0 Å². The zero-order valence-electron chi connectivity index (χ0n) is 12.6. The minimum absolute atomic E-state index is 0.321. The molecular formula is C17H13FN6. The molecule has 0 bridgehead atoms. The van der Waals surface area contributed by atoms with Gasteiger partial charge in [-0.15, -0.1) is 5.10 Å². The summed E-state index contributed by atoms with van der Waals surface area (Å²) < 4.78 is 15.0. The van der Waals surface area contributed by atoms with Gasteiger partial charge in [-0.25, -0.2) is 19.0 Å². The molecule has 1 N–H and O–H groups in total. The van der Waals surface area contributed by atoms with E-state index in [9.17, 15) is 4.39 Å². The van der Waals surface area contributed by atoms with Gasteiger partial charge < -0.3 is 5.32 Å². The summed E-state index contributed by atoms with van der Waals surface area (Å²) in [5, 5.41) is 11.4. The van der Waals surface area contributed by atoms with E-state index in [-0.39, 0.29) is 5.82 Å². The molecule has 0 radical (unpaired) electrons. The Labute approximate surface area is 137 Å². The lowest BCUT2D eigenvalue weighted by Gasteiger charge is -2.06. The molecule has 2 heterocycles. The van der Waals surface area contributed by atoms with Crippen molar-refractivity contribution >= 4 is 22.7 Å². The number of halogens is 1. The molecule has 4 aromatic rings. The second-order valence-corrected chi connectivity index (χ2v) is 5.26. The minimum Gasteiger partial charge on any atom is -0.338 e. The Morgan fingerprint density at radius 2 is 1.88 bits per heavy atom. The summed E-state index contributed by atoms with van der Waals surface area (Å²) >= 11 is 0. The van der Waals surface area contributed by atoms with E-state index in [1.807, 2.05) is 30.3 Å². The molecule has 6 nitrogen and oxygen atoms in total. The van der Waals surface area contributed by atoms with E-state index in [0.29, 0.717) is 29.2 Å². The fourth-order valence-electron chi connectivity index (χ4n) is 2.45. The first-order chi connectivity index (χ1) is 11.8. The van der Waals surface area contributed by atoms with Crippen LogP contribution in [0.3, 0.4) is 0 Å². The van der Waals surface area contributed by atoms with Crippen LogP contribution in [0.25, 0.3) is 11.2 Å². The van der Waals surface area contributed by atoms with Crippen LogP contribution in [0.1, 0.15) is 5.56 Å². The van der Waals surface area contributed by atoms with Gasteiger partial charge in [-0.1, -0.05) is 41.6 Å². The monoisotopic (exact) mass is 320 g/mol. The number of hydrogen-bond acceptors (Lipinski definition) is 5. The largest absolute Gasteiger partial charge is 0.338 e. The normalized spacial score (nSPS) is 10.9. The minimum atomic E-state index is -0.321. The van der Waals surface area contributed by atoms with E-state index in [1.54, 1.807) is 16.8 Å². The molecule has 0 saturated carbocycles. The van der Waals surface area contributed by atoms with E-state index in [1.165, 1.54) is 18.5 Å². The lowest BCUT2D eigenvalue weighted by Crippen LogP contribution is -2.03. The molecule has 0 saturated heterocycles. The predicted molar refractivity (Wildman–Crippen MR) is 88.3 cm³/mol. The highest BCUT2D eigenvalue weighted by atomic mass is 19.1. The maximum absolute atomic E-state index is 13.3. The average Bonchev–Trinajstić information content (AvgIpc) is 3.00. The summed E-state index contributed by atoms with van der Waals surface area (Å²) in [7, 11) is 0. The van der Waals surface area contributed by atoms with Crippen molar-refractivity contribution in [1.82, 2.24) is 25.0 Å². The van der Waals surface area contributed by atoms with Gasteiger partial charge in [-0.05, 0) is 23.8 Å². The van der Waals surface area contributed by atoms with Crippen LogP contribution in [0, 0.1) is 5.82 Å². The second-order valence-electron chi connectivity index (χ2n) is 5.26. The third-order valence-corrected chi connectivity index (χ3v) is 3.56. The predicted octanol–water partition coefficient (Wildman–Crippen LogP) is 3.15. The molecule has 0 amide bonds. The molecule has 0 aliphatic heterocycles. The molecule has 0 aliphatic carbocycles. The molecule has 7 heteroatoms. The number of nitrogens with zero attached hydrogens (tertiary/aromatic N) is 5. The van der Waals surface area contributed by atoms with Gasteiger partial charge in [0.1, 0.15) is 12.1 Å². The van der Waals surface area contributed by atoms with E-state index in [0.717, 1.165) is 5.56 Å². The molecule has 0 fully saturated rings. The van der Waals surface area contributed by atoms with Crippen LogP contribution in [0.2, 0.25) is 0 Å². The molecule has 0 spiro atoms. The number of nitrogens with one attached hydrogen (secondary N) is 1. The van der Waals surface area contributed by atoms with Crippen molar-refractivity contribution in [3.63, 3.8) is 0 Å². The first-order valence-electron chi connectivity index (χ1n) is 7.40. The number of aromatic nitrogens is 5. The maximum atomic E-state index is 13.3. The Morgan fingerprint density at radius 3 is 2.71 bits per heavy atom. The fraction of sp³-hybridized carbons (Fsp3) is 0.0588. The van der Waals surface area contributed by atoms with E-state index >= 15 is 0 Å². The maximum Gasteiger partial charge on any atom is 0.184 e. The number of benzene rings is 2. The summed E-state index contributed by atoms with van der Waals surface area (Å²) in [4.78, 5) is 8.46. The van der Waals surface area contributed by atoms with Crippen molar-refractivity contribution in [3.8, 4) is 0 Å². The summed E-state index contributed by atoms with van der Waals surface area (Å²) in [5.41, 5.74) is 2.85. The van der Waals surface area contributed by atoms with Crippen LogP contribution in [0.15, 0.2) is 60.9 Å². The van der Waals surface area contributed by atoms with Crippen molar-refractivity contribution in [1.29, 1.82) is 0 Å². The van der Waals surface area contributed by atoms with Crippen LogP contribution in [0.5, 0.6) is 0 Å². The highest BCUT2D eigenvalue weighted by molar-refractivity contribution is 5.84. The second kappa shape index (κ2) is 6.04. The number of anilines is 2. The Balaban J connectivity index is 1.68. The SMILES string of the molecule is Fc1cccc(Nc2ncnc3c2nnn3Cc2ccccc2)c1. The van der Waals surface area contributed by atoms with Crippen molar-refractivity contribution in [3.05, 3.63) is 72.3 Å². The smallest absolute Gasteiger partial charge is 0.184 e. The molecular weight excluding hydrogens is 307 g/mol. The zero-order valence-corrected chi connectivity index (χ0v) is 12.6. The van der Waals surface area contributed by atoms with Crippen molar-refractivity contribution in [2.24, 2.45) is 0 Å². The van der Waals surface area contributed by atoms with Gasteiger partial charge in [-0.2, -0.15) is 0 Å². The highest BCUT2D eigenvalue weighted by Gasteiger charge is 2.12. The zero-order chi connectivity index (χ0) is 16.4. The Kier molecular flexibility index (Phi) is 3.59. The Morgan fingerprint density at radius 1 is 1.00 bits per heavy atom. The van der Waals surface area contributed by atoms with Crippen LogP contribution in [-0.2, 0) is 6.54 Å². The number of rotatable bonds is 4. The van der Waals surface area contributed by atoms with Crippen LogP contribution in [0.4, 0.5) is 15.9 Å². The molecule has 4 rings (SSSR count). The Bertz CT molecular complexity index is 983. The molecule has 118 valence electrons. The third kappa shape index (κ3) is 2.79. The van der Waals surface area contributed by atoms with Gasteiger partial charge in [0, 0.05) is 5.69 Å². The fourth-order valence-corrected chi connectivity index (χ4v) is 2.45. The third-order valence-electron chi connectivity index (χ3n) is 3.56. The van der Waals surface area contributed by atoms with E-state index in [2.05, 4.69) is 25.6 Å². The van der Waals surface area contributed by atoms with Crippen LogP contribution < -0.4 is 5.32 Å². The number of fused-ring (bicyclic) bond motifs is 1. The van der Waals surface area contributed by atoms with Crippen molar-refractivity contribution in [2.45, 2.75) is 6.54 Å². The van der Waals surface area contributed by atoms with Crippen LogP contribution in [-0.4, -0.2) is 25.0 Å². The molecule has 2 aromatic heterocycles. The molecule has 24 heavy (non-hydrogen) atoms. The van der Waals surface area contributed by atoms with E-state index < -0.39 is 0 Å². The van der Waals surface area contributed by atoms with Crippen molar-refractivity contribution < 1.29 is 4.39 Å². The summed E-state index contributed by atoms with van der Waals surface area (Å²) in [6, 6.07) is 16.1. The lowest BCUT2D eigenvalue weighted by molar-refractivity contribution is 0.628. The van der Waals surface area contributed by atoms with Gasteiger partial charge in [0.05, 0.1) is 6.54 Å². The highest BCUT2D eigenvalue weighted by Crippen LogP contribution is 2.21. The van der Waals surface area contributed by atoms with Crippen molar-refractivity contribution in [2.75, 3.05) is 5.32 Å². The van der Waals surface area contributed by atoms with Gasteiger partial charge >= 0.3 is 0 Å². The summed E-state index contributed by atoms with van der Waals surface area (Å²) in [6.45, 7) is 0.563. The molecule has 0 atom stereocenters. The summed E-state index contributed by atoms with van der Waals surface area (Å²) in [6.07, 6.45) is 1.44. The standard InChI is InChI=1S/C17H13FN6/c18-13-7-4-8-14(9-13)21-16-15-17(20-11-19-16)24(23-22-15)10-12-5-2-1-3-6-12/h1-9,11H,10H2,(H,19,20,21). The number of hydrogen-bond donors (Lipinski definition) is 1. The van der Waals surface area contributed by atoms with E-state index in [4.69, 9.17) is 0 Å². The average molecular weight is 320 g/mol. The van der Waals surface area contributed by atoms with Crippen LogP contribution >= 0.6 is 0 Å². The lowest BCUT2D eigenvalue weighted by atomic mass is 10.2. The Hall–Kier alpha value is -3.35. The van der Waals surface area contributed by atoms with Gasteiger partial charge in [-0.3, -0.25) is 0 Å². The first kappa shape index (κ1) is 14.3. The quantitative estimate of drug-likeness (QED) is 0.625. The molecule has 2 aromatic carbocycles. The molecule has 0 aliphatic rings. The van der Waals surface area contributed by atoms with Gasteiger partial charge in [0.15, 0.2) is 17.0 Å². The summed E-state index contributed by atoms with van der Waals surface area (Å²) in [5.74, 6) is 0.169. The molecule has 0 unspecified atom stereocenters. The van der Waals surface area contributed by atoms with Gasteiger partial charge in [0.25, 0.3) is 0 Å². The topological polar surface area (TPSA) is 68.5 Å². The first-order valence-corrected chi connectivity index (χ1v) is 7.40.